The van der Waals surface area contributed by atoms with Gasteiger partial charge in [0.05, 0.1) is 26.4 Å². The molecule has 0 saturated heterocycles. The maximum atomic E-state index is 11.8. The third-order valence-corrected chi connectivity index (χ3v) is 5.34. The summed E-state index contributed by atoms with van der Waals surface area (Å²) >= 11 is 0. The molecule has 35 heavy (non-hydrogen) atoms. The van der Waals surface area contributed by atoms with Crippen molar-refractivity contribution in [3.63, 3.8) is 0 Å². The van der Waals surface area contributed by atoms with Crippen LogP contribution in [0.5, 0.6) is 0 Å². The fourth-order valence-corrected chi connectivity index (χ4v) is 2.61. The smallest absolute Gasteiger partial charge is 0.463 e. The van der Waals surface area contributed by atoms with Gasteiger partial charge in [0.15, 0.2) is 12.2 Å². The van der Waals surface area contributed by atoms with E-state index < -0.39 is 36.5 Å². The Kier molecular flexibility index (Phi) is 18.3. The first-order chi connectivity index (χ1) is 16.7. The molecule has 0 fully saturated rings. The monoisotopic (exact) mass is 506 g/mol. The number of esters is 2. The van der Waals surface area contributed by atoms with Gasteiger partial charge in [-0.3, -0.25) is 0 Å². The van der Waals surface area contributed by atoms with E-state index in [0.29, 0.717) is 0 Å². The third-order valence-electron chi connectivity index (χ3n) is 5.34. The lowest BCUT2D eigenvalue weighted by molar-refractivity contribution is -0.156. The maximum absolute atomic E-state index is 11.8. The molecule has 0 aromatic heterocycles. The quantitative estimate of drug-likeness (QED) is 0.151. The van der Waals surface area contributed by atoms with Crippen LogP contribution in [0.15, 0.2) is 0 Å². The summed E-state index contributed by atoms with van der Waals surface area (Å²) in [7, 11) is 0. The Bertz CT molecular complexity index is 563. The van der Waals surface area contributed by atoms with Crippen LogP contribution < -0.4 is 0 Å². The highest BCUT2D eigenvalue weighted by Gasteiger charge is 2.22. The summed E-state index contributed by atoms with van der Waals surface area (Å²) in [6, 6.07) is 0. The van der Waals surface area contributed by atoms with Crippen molar-refractivity contribution in [2.24, 2.45) is 11.8 Å². The van der Waals surface area contributed by atoms with Gasteiger partial charge in [0.1, 0.15) is 13.2 Å². The van der Waals surface area contributed by atoms with E-state index in [1.54, 1.807) is 0 Å². The van der Waals surface area contributed by atoms with Crippen LogP contribution >= 0.6 is 0 Å². The van der Waals surface area contributed by atoms with Gasteiger partial charge in [0, 0.05) is 0 Å². The summed E-state index contributed by atoms with van der Waals surface area (Å²) in [4.78, 5) is 47.0. The molecule has 0 aliphatic heterocycles. The minimum atomic E-state index is -1.09. The Morgan fingerprint density at radius 2 is 0.886 bits per heavy atom. The van der Waals surface area contributed by atoms with Gasteiger partial charge in [-0.2, -0.15) is 0 Å². The topological polar surface area (TPSA) is 133 Å². The molecular weight excluding hydrogens is 464 g/mol. The first kappa shape index (κ1) is 32.4. The third kappa shape index (κ3) is 15.9. The minimum absolute atomic E-state index is 0.0137. The molecule has 0 radical (unpaired) electrons. The summed E-state index contributed by atoms with van der Waals surface area (Å²) < 4.78 is 34.8. The molecule has 0 saturated carbocycles. The molecule has 0 N–H and O–H groups in total. The predicted octanol–water partition coefficient (Wildman–Crippen LogP) is 4.05. The molecule has 0 bridgehead atoms. The fourth-order valence-electron chi connectivity index (χ4n) is 2.61. The van der Waals surface area contributed by atoms with E-state index in [1.165, 1.54) is 13.8 Å². The van der Waals surface area contributed by atoms with Gasteiger partial charge in [0.25, 0.3) is 0 Å². The molecular formula is C24H42O11. The Labute approximate surface area is 208 Å². The molecule has 204 valence electrons. The van der Waals surface area contributed by atoms with Crippen LogP contribution in [0.25, 0.3) is 0 Å². The van der Waals surface area contributed by atoms with E-state index in [2.05, 4.69) is 0 Å². The van der Waals surface area contributed by atoms with E-state index in [9.17, 15) is 19.2 Å². The first-order valence-electron chi connectivity index (χ1n) is 12.3. The highest BCUT2D eigenvalue weighted by Crippen LogP contribution is 2.10. The summed E-state index contributed by atoms with van der Waals surface area (Å²) in [6.45, 7) is 11.2. The van der Waals surface area contributed by atoms with E-state index in [4.69, 9.17) is 33.2 Å². The zero-order valence-corrected chi connectivity index (χ0v) is 21.9. The highest BCUT2D eigenvalue weighted by molar-refractivity contribution is 5.77. The molecule has 0 heterocycles. The number of hydrogen-bond donors (Lipinski definition) is 0. The molecule has 0 spiro atoms. The molecule has 0 aromatic carbocycles. The predicted molar refractivity (Wildman–Crippen MR) is 125 cm³/mol. The second-order valence-corrected chi connectivity index (χ2v) is 7.95. The zero-order chi connectivity index (χ0) is 26.6. The molecule has 11 heteroatoms. The van der Waals surface area contributed by atoms with Crippen LogP contribution in [0.3, 0.4) is 0 Å². The van der Waals surface area contributed by atoms with Crippen LogP contribution in [-0.4, -0.2) is 76.1 Å². The fraction of sp³-hybridized carbons (Fsp3) is 0.833. The summed E-state index contributed by atoms with van der Waals surface area (Å²) in [6.07, 6.45) is -0.664. The van der Waals surface area contributed by atoms with Crippen molar-refractivity contribution in [2.75, 3.05) is 39.6 Å². The van der Waals surface area contributed by atoms with Gasteiger partial charge in [-0.1, -0.05) is 53.4 Å². The van der Waals surface area contributed by atoms with Crippen molar-refractivity contribution in [2.45, 2.75) is 79.4 Å². The van der Waals surface area contributed by atoms with Crippen molar-refractivity contribution in [3.05, 3.63) is 0 Å². The summed E-state index contributed by atoms with van der Waals surface area (Å²) in [5.74, 6) is -0.735. The molecule has 0 rings (SSSR count). The SMILES string of the molecule is CCC(CC)COC(=O)[C@H](C)OC(=O)OCCOCCOC(=O)O[C@H](C)C(=O)OCC(CC)CC. The van der Waals surface area contributed by atoms with Gasteiger partial charge in [-0.25, -0.2) is 19.2 Å². The Hall–Kier alpha value is -2.56. The largest absolute Gasteiger partial charge is 0.509 e. The van der Waals surface area contributed by atoms with Crippen LogP contribution in [0.4, 0.5) is 9.59 Å². The van der Waals surface area contributed by atoms with Gasteiger partial charge >= 0.3 is 24.2 Å². The molecule has 0 amide bonds. The van der Waals surface area contributed by atoms with Crippen LogP contribution in [0, 0.1) is 11.8 Å². The molecule has 0 aliphatic carbocycles. The molecule has 11 nitrogen and oxygen atoms in total. The normalized spacial score (nSPS) is 12.6. The Morgan fingerprint density at radius 1 is 0.543 bits per heavy atom. The number of hydrogen-bond acceptors (Lipinski definition) is 11. The number of carbonyl (C=O) groups is 4. The number of carbonyl (C=O) groups excluding carboxylic acids is 4. The zero-order valence-electron chi connectivity index (χ0n) is 21.9. The standard InChI is InChI=1S/C24H42O11/c1-7-19(8-2)15-32-21(25)17(5)34-23(27)30-13-11-29-12-14-31-24(28)35-18(6)22(26)33-16-20(9-3)10-4/h17-20H,7-16H2,1-6H3/t17-,18+. The summed E-state index contributed by atoms with van der Waals surface area (Å²) in [5.41, 5.74) is 0. The van der Waals surface area contributed by atoms with Crippen molar-refractivity contribution >= 4 is 24.2 Å². The number of ether oxygens (including phenoxy) is 7. The van der Waals surface area contributed by atoms with Crippen molar-refractivity contribution in [3.8, 4) is 0 Å². The van der Waals surface area contributed by atoms with Crippen molar-refractivity contribution in [1.29, 1.82) is 0 Å². The molecule has 0 aliphatic rings. The maximum Gasteiger partial charge on any atom is 0.509 e. The Balaban J connectivity index is 3.87. The average Bonchev–Trinajstić information content (AvgIpc) is 2.84. The second-order valence-electron chi connectivity index (χ2n) is 7.95. The van der Waals surface area contributed by atoms with E-state index in [-0.39, 0.29) is 51.5 Å². The van der Waals surface area contributed by atoms with E-state index >= 15 is 0 Å². The minimum Gasteiger partial charge on any atom is -0.463 e. The van der Waals surface area contributed by atoms with Gasteiger partial charge in [0.2, 0.25) is 0 Å². The lowest BCUT2D eigenvalue weighted by Crippen LogP contribution is -2.29. The van der Waals surface area contributed by atoms with Crippen LogP contribution in [0.2, 0.25) is 0 Å². The lowest BCUT2D eigenvalue weighted by atomic mass is 10.1. The van der Waals surface area contributed by atoms with Gasteiger partial charge < -0.3 is 33.2 Å². The van der Waals surface area contributed by atoms with Gasteiger partial charge in [-0.05, 0) is 25.7 Å². The lowest BCUT2D eigenvalue weighted by Gasteiger charge is -2.16. The number of rotatable bonds is 18. The van der Waals surface area contributed by atoms with Crippen molar-refractivity contribution < 1.29 is 52.3 Å². The average molecular weight is 507 g/mol. The van der Waals surface area contributed by atoms with Crippen LogP contribution in [0.1, 0.15) is 67.2 Å². The van der Waals surface area contributed by atoms with E-state index in [1.807, 2.05) is 27.7 Å². The summed E-state index contributed by atoms with van der Waals surface area (Å²) in [5, 5.41) is 0. The highest BCUT2D eigenvalue weighted by atomic mass is 16.7. The Morgan fingerprint density at radius 3 is 1.20 bits per heavy atom. The van der Waals surface area contributed by atoms with E-state index in [0.717, 1.165) is 25.7 Å². The molecule has 0 unspecified atom stereocenters. The molecule has 2 atom stereocenters. The van der Waals surface area contributed by atoms with Crippen LogP contribution in [-0.2, 0) is 42.7 Å². The molecule has 0 aromatic rings. The van der Waals surface area contributed by atoms with Gasteiger partial charge in [-0.15, -0.1) is 0 Å². The van der Waals surface area contributed by atoms with Crippen molar-refractivity contribution in [1.82, 2.24) is 0 Å². The first-order valence-corrected chi connectivity index (χ1v) is 12.3. The second kappa shape index (κ2) is 19.7.